The van der Waals surface area contributed by atoms with E-state index in [0.29, 0.717) is 24.7 Å². The summed E-state index contributed by atoms with van der Waals surface area (Å²) in [7, 11) is 0. The van der Waals surface area contributed by atoms with E-state index in [1.54, 1.807) is 4.90 Å². The van der Waals surface area contributed by atoms with Crippen LogP contribution in [0.5, 0.6) is 0 Å². The van der Waals surface area contributed by atoms with E-state index in [0.717, 1.165) is 5.69 Å². The van der Waals surface area contributed by atoms with Crippen molar-refractivity contribution in [3.05, 3.63) is 58.9 Å². The molecule has 0 aliphatic carbocycles. The average Bonchev–Trinajstić information content (AvgIpc) is 2.99. The predicted molar refractivity (Wildman–Crippen MR) is 105 cm³/mol. The summed E-state index contributed by atoms with van der Waals surface area (Å²) in [6.07, 6.45) is 0. The lowest BCUT2D eigenvalue weighted by molar-refractivity contribution is -0.116. The van der Waals surface area contributed by atoms with Crippen LogP contribution in [0, 0.1) is 5.82 Å². The van der Waals surface area contributed by atoms with Crippen molar-refractivity contribution in [2.24, 2.45) is 0 Å². The zero-order valence-corrected chi connectivity index (χ0v) is 16.0. The summed E-state index contributed by atoms with van der Waals surface area (Å²) in [6, 6.07) is 11.6. The van der Waals surface area contributed by atoms with Gasteiger partial charge in [0.05, 0.1) is 5.02 Å². The number of hydrogen-bond acceptors (Lipinski definition) is 2. The van der Waals surface area contributed by atoms with Gasteiger partial charge >= 0.3 is 6.03 Å². The van der Waals surface area contributed by atoms with Gasteiger partial charge < -0.3 is 10.2 Å². The van der Waals surface area contributed by atoms with E-state index in [1.807, 2.05) is 24.3 Å². The number of benzene rings is 2. The van der Waals surface area contributed by atoms with Crippen LogP contribution in [-0.4, -0.2) is 36.5 Å². The Morgan fingerprint density at radius 2 is 1.89 bits per heavy atom. The molecule has 1 saturated heterocycles. The molecule has 1 fully saturated rings. The number of nitrogens with zero attached hydrogens (tertiary/aromatic N) is 2. The number of carbonyl (C=O) groups is 2. The monoisotopic (exact) mass is 389 g/mol. The number of carbonyl (C=O) groups excluding carboxylic acids is 2. The molecule has 1 aliphatic rings. The second-order valence-electron chi connectivity index (χ2n) is 6.78. The number of anilines is 2. The largest absolute Gasteiger partial charge is 0.325 e. The Balaban J connectivity index is 1.61. The third-order valence-corrected chi connectivity index (χ3v) is 4.79. The fourth-order valence-corrected chi connectivity index (χ4v) is 3.14. The minimum absolute atomic E-state index is 0.0685. The lowest BCUT2D eigenvalue weighted by Gasteiger charge is -2.19. The minimum Gasteiger partial charge on any atom is -0.324 e. The van der Waals surface area contributed by atoms with E-state index in [9.17, 15) is 14.0 Å². The Morgan fingerprint density at radius 1 is 1.19 bits per heavy atom. The third kappa shape index (κ3) is 4.39. The first kappa shape index (κ1) is 19.2. The van der Waals surface area contributed by atoms with Gasteiger partial charge in [0.25, 0.3) is 0 Å². The van der Waals surface area contributed by atoms with E-state index >= 15 is 0 Å². The smallest absolute Gasteiger partial charge is 0.324 e. The summed E-state index contributed by atoms with van der Waals surface area (Å²) in [5.41, 5.74) is 2.41. The standard InChI is InChI=1S/C20H21ClFN3O2/c1-13(2)14-3-6-16(7-4-14)25-10-9-24(20(25)27)12-19(26)23-15-5-8-18(22)17(21)11-15/h3-8,11,13H,9-10,12H2,1-2H3,(H,23,26). The average molecular weight is 390 g/mol. The van der Waals surface area contributed by atoms with E-state index < -0.39 is 5.82 Å². The predicted octanol–water partition coefficient (Wildman–Crippen LogP) is 4.48. The van der Waals surface area contributed by atoms with Crippen LogP contribution in [-0.2, 0) is 4.79 Å². The number of halogens is 2. The Morgan fingerprint density at radius 3 is 2.52 bits per heavy atom. The maximum atomic E-state index is 13.2. The van der Waals surface area contributed by atoms with Crippen molar-refractivity contribution in [3.8, 4) is 0 Å². The summed E-state index contributed by atoms with van der Waals surface area (Å²) in [6.45, 7) is 5.14. The molecular weight excluding hydrogens is 369 g/mol. The Kier molecular flexibility index (Phi) is 5.65. The maximum absolute atomic E-state index is 13.2. The van der Waals surface area contributed by atoms with Crippen LogP contribution in [0.2, 0.25) is 5.02 Å². The van der Waals surface area contributed by atoms with Gasteiger partial charge in [-0.1, -0.05) is 37.6 Å². The molecule has 0 saturated carbocycles. The van der Waals surface area contributed by atoms with Gasteiger partial charge in [-0.25, -0.2) is 9.18 Å². The molecule has 3 amide bonds. The van der Waals surface area contributed by atoms with Gasteiger partial charge in [-0.05, 0) is 41.8 Å². The van der Waals surface area contributed by atoms with Crippen molar-refractivity contribution in [1.29, 1.82) is 0 Å². The van der Waals surface area contributed by atoms with Crippen molar-refractivity contribution in [2.45, 2.75) is 19.8 Å². The molecule has 7 heteroatoms. The van der Waals surface area contributed by atoms with Gasteiger partial charge in [0.1, 0.15) is 12.4 Å². The summed E-state index contributed by atoms with van der Waals surface area (Å²) in [4.78, 5) is 28.0. The second kappa shape index (κ2) is 7.96. The molecule has 1 aliphatic heterocycles. The molecule has 0 radical (unpaired) electrons. The van der Waals surface area contributed by atoms with Gasteiger partial charge in [0.15, 0.2) is 0 Å². The van der Waals surface area contributed by atoms with E-state index in [2.05, 4.69) is 19.2 Å². The summed E-state index contributed by atoms with van der Waals surface area (Å²) in [5.74, 6) is -0.486. The van der Waals surface area contributed by atoms with Gasteiger partial charge in [-0.3, -0.25) is 9.69 Å². The second-order valence-corrected chi connectivity index (χ2v) is 7.19. The number of nitrogens with one attached hydrogen (secondary N) is 1. The van der Waals surface area contributed by atoms with Crippen molar-refractivity contribution in [1.82, 2.24) is 4.90 Å². The van der Waals surface area contributed by atoms with Gasteiger partial charge in [0, 0.05) is 24.5 Å². The third-order valence-electron chi connectivity index (χ3n) is 4.50. The fourth-order valence-electron chi connectivity index (χ4n) is 2.96. The number of rotatable bonds is 5. The van der Waals surface area contributed by atoms with Crippen LogP contribution in [0.1, 0.15) is 25.3 Å². The summed E-state index contributed by atoms with van der Waals surface area (Å²) < 4.78 is 13.2. The first-order valence-corrected chi connectivity index (χ1v) is 9.14. The minimum atomic E-state index is -0.552. The Labute approximate surface area is 162 Å². The molecule has 0 aromatic heterocycles. The highest BCUT2D eigenvalue weighted by Crippen LogP contribution is 2.24. The fraction of sp³-hybridized carbons (Fsp3) is 0.300. The quantitative estimate of drug-likeness (QED) is 0.819. The topological polar surface area (TPSA) is 52.6 Å². The zero-order chi connectivity index (χ0) is 19.6. The molecule has 2 aromatic carbocycles. The zero-order valence-electron chi connectivity index (χ0n) is 15.2. The molecule has 0 spiro atoms. The number of hydrogen-bond donors (Lipinski definition) is 1. The summed E-state index contributed by atoms with van der Waals surface area (Å²) >= 11 is 5.71. The van der Waals surface area contributed by atoms with E-state index in [1.165, 1.54) is 28.7 Å². The normalized spacial score (nSPS) is 14.2. The van der Waals surface area contributed by atoms with Crippen LogP contribution >= 0.6 is 11.6 Å². The molecule has 3 rings (SSSR count). The van der Waals surface area contributed by atoms with Crippen molar-refractivity contribution >= 4 is 34.9 Å². The molecule has 2 aromatic rings. The van der Waals surface area contributed by atoms with Crippen molar-refractivity contribution in [2.75, 3.05) is 29.9 Å². The van der Waals surface area contributed by atoms with Crippen LogP contribution in [0.3, 0.4) is 0 Å². The number of amides is 3. The van der Waals surface area contributed by atoms with Crippen LogP contribution in [0.4, 0.5) is 20.6 Å². The first-order chi connectivity index (χ1) is 12.8. The summed E-state index contributed by atoms with van der Waals surface area (Å²) in [5, 5.41) is 2.56. The molecule has 142 valence electrons. The molecule has 27 heavy (non-hydrogen) atoms. The van der Waals surface area contributed by atoms with E-state index in [4.69, 9.17) is 11.6 Å². The van der Waals surface area contributed by atoms with E-state index in [-0.39, 0.29) is 23.5 Å². The lowest BCUT2D eigenvalue weighted by atomic mass is 10.0. The molecule has 0 atom stereocenters. The molecule has 1 N–H and O–H groups in total. The molecule has 0 unspecified atom stereocenters. The Hall–Kier alpha value is -2.60. The molecule has 0 bridgehead atoms. The highest BCUT2D eigenvalue weighted by Gasteiger charge is 2.30. The van der Waals surface area contributed by atoms with Gasteiger partial charge in [-0.15, -0.1) is 0 Å². The van der Waals surface area contributed by atoms with Crippen LogP contribution in [0.25, 0.3) is 0 Å². The van der Waals surface area contributed by atoms with Gasteiger partial charge in [0.2, 0.25) is 5.91 Å². The molecule has 1 heterocycles. The lowest BCUT2D eigenvalue weighted by Crippen LogP contribution is -2.37. The highest BCUT2D eigenvalue weighted by atomic mass is 35.5. The van der Waals surface area contributed by atoms with Gasteiger partial charge in [-0.2, -0.15) is 0 Å². The highest BCUT2D eigenvalue weighted by molar-refractivity contribution is 6.31. The maximum Gasteiger partial charge on any atom is 0.325 e. The van der Waals surface area contributed by atoms with Crippen LogP contribution < -0.4 is 10.2 Å². The molecule has 5 nitrogen and oxygen atoms in total. The van der Waals surface area contributed by atoms with Crippen LogP contribution in [0.15, 0.2) is 42.5 Å². The van der Waals surface area contributed by atoms with Crippen molar-refractivity contribution in [3.63, 3.8) is 0 Å². The number of urea groups is 1. The molecular formula is C20H21ClFN3O2. The van der Waals surface area contributed by atoms with Crippen molar-refractivity contribution < 1.29 is 14.0 Å². The Bertz CT molecular complexity index is 855. The first-order valence-electron chi connectivity index (χ1n) is 8.76. The SMILES string of the molecule is CC(C)c1ccc(N2CCN(CC(=O)Nc3ccc(F)c(Cl)c3)C2=O)cc1.